The lowest BCUT2D eigenvalue weighted by molar-refractivity contribution is 1.24. The average molecular weight is 290 g/mol. The highest BCUT2D eigenvalue weighted by Gasteiger charge is 2.12. The number of aromatic nitrogens is 2. The number of nitrogen functional groups attached to an aromatic ring is 1. The van der Waals surface area contributed by atoms with Gasteiger partial charge in [0, 0.05) is 27.0 Å². The van der Waals surface area contributed by atoms with Crippen molar-refractivity contribution in [1.29, 1.82) is 0 Å². The second kappa shape index (κ2) is 4.47. The van der Waals surface area contributed by atoms with Crippen LogP contribution >= 0.6 is 22.9 Å². The third-order valence-electron chi connectivity index (χ3n) is 3.09. The molecule has 0 atom stereocenters. The first-order chi connectivity index (χ1) is 9.06. The highest BCUT2D eigenvalue weighted by molar-refractivity contribution is 7.13. The molecule has 3 nitrogen and oxygen atoms in total. The van der Waals surface area contributed by atoms with Crippen molar-refractivity contribution in [3.05, 3.63) is 39.9 Å². The SMILES string of the molecule is Cc1cc(-c2csc(N)n2)c2ccc(Cl)c(C)c2n1. The van der Waals surface area contributed by atoms with Gasteiger partial charge in [-0.1, -0.05) is 17.7 Å². The maximum atomic E-state index is 6.17. The number of hydrogen-bond donors (Lipinski definition) is 1. The van der Waals surface area contributed by atoms with E-state index in [2.05, 4.69) is 9.97 Å². The quantitative estimate of drug-likeness (QED) is 0.730. The lowest BCUT2D eigenvalue weighted by Gasteiger charge is -2.09. The van der Waals surface area contributed by atoms with Crippen LogP contribution in [0.25, 0.3) is 22.2 Å². The van der Waals surface area contributed by atoms with E-state index in [9.17, 15) is 0 Å². The highest BCUT2D eigenvalue weighted by Crippen LogP contribution is 2.33. The molecule has 0 saturated heterocycles. The van der Waals surface area contributed by atoms with Crippen LogP contribution in [0.15, 0.2) is 23.6 Å². The Hall–Kier alpha value is -1.65. The number of rotatable bonds is 1. The van der Waals surface area contributed by atoms with Crippen molar-refractivity contribution in [3.8, 4) is 11.3 Å². The molecule has 2 heterocycles. The van der Waals surface area contributed by atoms with Gasteiger partial charge in [0.05, 0.1) is 11.2 Å². The molecular weight excluding hydrogens is 278 g/mol. The van der Waals surface area contributed by atoms with Crippen molar-refractivity contribution in [1.82, 2.24) is 9.97 Å². The van der Waals surface area contributed by atoms with Gasteiger partial charge in [-0.25, -0.2) is 4.98 Å². The largest absolute Gasteiger partial charge is 0.375 e. The Morgan fingerprint density at radius 3 is 2.68 bits per heavy atom. The molecule has 3 aromatic rings. The maximum Gasteiger partial charge on any atom is 0.180 e. The van der Waals surface area contributed by atoms with Crippen molar-refractivity contribution < 1.29 is 0 Å². The molecule has 0 amide bonds. The number of pyridine rings is 1. The molecule has 5 heteroatoms. The van der Waals surface area contributed by atoms with E-state index in [1.54, 1.807) is 0 Å². The molecule has 0 fully saturated rings. The molecule has 0 saturated carbocycles. The van der Waals surface area contributed by atoms with Crippen molar-refractivity contribution in [2.75, 3.05) is 5.73 Å². The Morgan fingerprint density at radius 1 is 1.21 bits per heavy atom. The summed E-state index contributed by atoms with van der Waals surface area (Å²) >= 11 is 7.61. The van der Waals surface area contributed by atoms with E-state index in [1.165, 1.54) is 11.3 Å². The fourth-order valence-corrected chi connectivity index (χ4v) is 2.87. The number of nitrogens with two attached hydrogens (primary N) is 1. The molecule has 0 radical (unpaired) electrons. The van der Waals surface area contributed by atoms with Crippen LogP contribution in [0.4, 0.5) is 5.13 Å². The predicted octanol–water partition coefficient (Wildman–Crippen LogP) is 4.21. The van der Waals surface area contributed by atoms with E-state index in [4.69, 9.17) is 17.3 Å². The molecule has 0 aliphatic rings. The van der Waals surface area contributed by atoms with Crippen molar-refractivity contribution in [2.45, 2.75) is 13.8 Å². The summed E-state index contributed by atoms with van der Waals surface area (Å²) < 4.78 is 0. The van der Waals surface area contributed by atoms with Crippen LogP contribution in [0.1, 0.15) is 11.3 Å². The molecule has 19 heavy (non-hydrogen) atoms. The first kappa shape index (κ1) is 12.4. The minimum Gasteiger partial charge on any atom is -0.375 e. The average Bonchev–Trinajstić information content (AvgIpc) is 2.80. The first-order valence-electron chi connectivity index (χ1n) is 5.84. The van der Waals surface area contributed by atoms with Gasteiger partial charge in [0.25, 0.3) is 0 Å². The smallest absolute Gasteiger partial charge is 0.180 e. The Balaban J connectivity index is 2.39. The zero-order chi connectivity index (χ0) is 13.6. The van der Waals surface area contributed by atoms with Crippen LogP contribution in [0, 0.1) is 13.8 Å². The van der Waals surface area contributed by atoms with Crippen LogP contribution in [0.5, 0.6) is 0 Å². The summed E-state index contributed by atoms with van der Waals surface area (Å²) in [6.45, 7) is 3.95. The number of anilines is 1. The molecule has 0 bridgehead atoms. The zero-order valence-corrected chi connectivity index (χ0v) is 12.1. The molecular formula is C14H12ClN3S. The monoisotopic (exact) mass is 289 g/mol. The third kappa shape index (κ3) is 2.07. The van der Waals surface area contributed by atoms with Gasteiger partial charge in [-0.05, 0) is 31.5 Å². The fraction of sp³-hybridized carbons (Fsp3) is 0.143. The van der Waals surface area contributed by atoms with E-state index < -0.39 is 0 Å². The number of hydrogen-bond acceptors (Lipinski definition) is 4. The molecule has 0 unspecified atom stereocenters. The Morgan fingerprint density at radius 2 is 2.00 bits per heavy atom. The number of thiazole rings is 1. The summed E-state index contributed by atoms with van der Waals surface area (Å²) in [5, 5.41) is 4.32. The van der Waals surface area contributed by atoms with Gasteiger partial charge in [-0.15, -0.1) is 11.3 Å². The molecule has 0 spiro atoms. The lowest BCUT2D eigenvalue weighted by Crippen LogP contribution is -1.92. The van der Waals surface area contributed by atoms with E-state index in [0.29, 0.717) is 5.13 Å². The zero-order valence-electron chi connectivity index (χ0n) is 10.6. The van der Waals surface area contributed by atoms with Gasteiger partial charge < -0.3 is 5.73 Å². The van der Waals surface area contributed by atoms with Crippen LogP contribution in [-0.4, -0.2) is 9.97 Å². The van der Waals surface area contributed by atoms with E-state index in [-0.39, 0.29) is 0 Å². The van der Waals surface area contributed by atoms with Crippen molar-refractivity contribution in [3.63, 3.8) is 0 Å². The first-order valence-corrected chi connectivity index (χ1v) is 7.10. The Bertz CT molecular complexity index is 780. The van der Waals surface area contributed by atoms with Crippen LogP contribution in [0.3, 0.4) is 0 Å². The topological polar surface area (TPSA) is 51.8 Å². The normalized spacial score (nSPS) is 11.1. The van der Waals surface area contributed by atoms with Crippen LogP contribution in [0.2, 0.25) is 5.02 Å². The molecule has 0 aliphatic heterocycles. The minimum absolute atomic E-state index is 0.573. The second-order valence-corrected chi connectivity index (χ2v) is 5.75. The molecule has 96 valence electrons. The second-order valence-electron chi connectivity index (χ2n) is 4.45. The van der Waals surface area contributed by atoms with Gasteiger partial charge in [-0.2, -0.15) is 0 Å². The Kier molecular flexibility index (Phi) is 2.92. The summed E-state index contributed by atoms with van der Waals surface area (Å²) in [5.41, 5.74) is 10.5. The maximum absolute atomic E-state index is 6.17. The predicted molar refractivity (Wildman–Crippen MR) is 81.7 cm³/mol. The number of nitrogens with zero attached hydrogens (tertiary/aromatic N) is 2. The molecule has 2 N–H and O–H groups in total. The van der Waals surface area contributed by atoms with Gasteiger partial charge in [0.2, 0.25) is 0 Å². The fourth-order valence-electron chi connectivity index (χ4n) is 2.16. The number of benzene rings is 1. The van der Waals surface area contributed by atoms with E-state index >= 15 is 0 Å². The van der Waals surface area contributed by atoms with E-state index in [0.717, 1.165) is 38.4 Å². The number of aryl methyl sites for hydroxylation is 2. The lowest BCUT2D eigenvalue weighted by atomic mass is 10.0. The number of fused-ring (bicyclic) bond motifs is 1. The van der Waals surface area contributed by atoms with Gasteiger partial charge in [0.15, 0.2) is 5.13 Å². The van der Waals surface area contributed by atoms with Crippen LogP contribution < -0.4 is 5.73 Å². The van der Waals surface area contributed by atoms with E-state index in [1.807, 2.05) is 37.4 Å². The minimum atomic E-state index is 0.573. The van der Waals surface area contributed by atoms with Gasteiger partial charge in [0.1, 0.15) is 0 Å². The molecule has 1 aromatic carbocycles. The Labute approximate surface area is 120 Å². The summed E-state index contributed by atoms with van der Waals surface area (Å²) in [7, 11) is 0. The third-order valence-corrected chi connectivity index (χ3v) is 4.18. The van der Waals surface area contributed by atoms with Gasteiger partial charge in [-0.3, -0.25) is 4.98 Å². The van der Waals surface area contributed by atoms with Crippen molar-refractivity contribution >= 4 is 39.0 Å². The van der Waals surface area contributed by atoms with Crippen molar-refractivity contribution in [2.24, 2.45) is 0 Å². The molecule has 3 rings (SSSR count). The molecule has 2 aromatic heterocycles. The summed E-state index contributed by atoms with van der Waals surface area (Å²) in [6, 6.07) is 5.92. The summed E-state index contributed by atoms with van der Waals surface area (Å²) in [4.78, 5) is 8.95. The standard InChI is InChI=1S/C14H12ClN3S/c1-7-5-10(12-6-19-14(16)18-12)9-3-4-11(15)8(2)13(9)17-7/h3-6H,1-2H3,(H2,16,18). The summed E-state index contributed by atoms with van der Waals surface area (Å²) in [6.07, 6.45) is 0. The van der Waals surface area contributed by atoms with Gasteiger partial charge >= 0.3 is 0 Å². The summed E-state index contributed by atoms with van der Waals surface area (Å²) in [5.74, 6) is 0. The number of halogens is 1. The highest BCUT2D eigenvalue weighted by atomic mass is 35.5. The molecule has 0 aliphatic carbocycles. The van der Waals surface area contributed by atoms with Crippen LogP contribution in [-0.2, 0) is 0 Å².